The molecule has 0 unspecified atom stereocenters. The number of hydrogen-bond acceptors (Lipinski definition) is 2. The zero-order valence-corrected chi connectivity index (χ0v) is 10.3. The molecule has 2 aromatic rings. The number of halogens is 4. The van der Waals surface area contributed by atoms with E-state index in [1.54, 1.807) is 12.1 Å². The Labute approximate surface area is 112 Å². The van der Waals surface area contributed by atoms with Gasteiger partial charge in [-0.2, -0.15) is 0 Å². The molecular weight excluding hydrogens is 279 g/mol. The minimum absolute atomic E-state index is 0.0655. The van der Waals surface area contributed by atoms with E-state index in [4.69, 9.17) is 11.6 Å². The van der Waals surface area contributed by atoms with Crippen molar-refractivity contribution in [2.75, 3.05) is 5.32 Å². The van der Waals surface area contributed by atoms with Crippen LogP contribution in [0.3, 0.4) is 0 Å². The number of rotatable bonds is 3. The summed E-state index contributed by atoms with van der Waals surface area (Å²) < 4.78 is 38.7. The van der Waals surface area contributed by atoms with Gasteiger partial charge in [0.1, 0.15) is 5.75 Å². The molecule has 0 spiro atoms. The molecule has 0 heterocycles. The Morgan fingerprint density at radius 1 is 1.11 bits per heavy atom. The lowest BCUT2D eigenvalue weighted by atomic mass is 10.2. The fraction of sp³-hybridized carbons (Fsp3) is 0.0769. The zero-order chi connectivity index (χ0) is 14.0. The highest BCUT2D eigenvalue weighted by atomic mass is 35.5. The van der Waals surface area contributed by atoms with Crippen molar-refractivity contribution in [1.82, 2.24) is 0 Å². The number of nitrogens with one attached hydrogen (secondary N) is 1. The summed E-state index contributed by atoms with van der Waals surface area (Å²) in [6.45, 7) is 0.0942. The topological polar surface area (TPSA) is 32.3 Å². The van der Waals surface area contributed by atoms with Gasteiger partial charge in [0.05, 0.1) is 5.02 Å². The fourth-order valence-corrected chi connectivity index (χ4v) is 1.75. The molecule has 0 amide bonds. The maximum absolute atomic E-state index is 13.0. The maximum Gasteiger partial charge on any atom is 0.194 e. The molecule has 0 bridgehead atoms. The van der Waals surface area contributed by atoms with E-state index in [2.05, 4.69) is 5.32 Å². The Balaban J connectivity index is 2.17. The monoisotopic (exact) mass is 287 g/mol. The second kappa shape index (κ2) is 5.40. The lowest BCUT2D eigenvalue weighted by Crippen LogP contribution is -2.02. The van der Waals surface area contributed by atoms with E-state index in [1.807, 2.05) is 0 Å². The molecule has 100 valence electrons. The number of phenolic OH excluding ortho intramolecular Hbond substituents is 1. The van der Waals surface area contributed by atoms with Gasteiger partial charge in [-0.1, -0.05) is 23.7 Å². The average Bonchev–Trinajstić information content (AvgIpc) is 2.37. The van der Waals surface area contributed by atoms with Crippen LogP contribution >= 0.6 is 11.6 Å². The van der Waals surface area contributed by atoms with Crippen molar-refractivity contribution in [3.8, 4) is 5.75 Å². The Morgan fingerprint density at radius 3 is 2.37 bits per heavy atom. The van der Waals surface area contributed by atoms with Crippen LogP contribution in [0.15, 0.2) is 30.3 Å². The van der Waals surface area contributed by atoms with Crippen molar-refractivity contribution in [1.29, 1.82) is 0 Å². The van der Waals surface area contributed by atoms with Crippen LogP contribution in [0, 0.1) is 17.5 Å². The summed E-state index contributed by atoms with van der Waals surface area (Å²) in [6.07, 6.45) is 0. The van der Waals surface area contributed by atoms with Crippen LogP contribution in [-0.2, 0) is 6.54 Å². The van der Waals surface area contributed by atoms with Crippen LogP contribution in [0.4, 0.5) is 18.9 Å². The Bertz CT molecular complexity index is 596. The van der Waals surface area contributed by atoms with Gasteiger partial charge in [0.25, 0.3) is 0 Å². The fourth-order valence-electron chi connectivity index (χ4n) is 1.56. The summed E-state index contributed by atoms with van der Waals surface area (Å²) in [5, 5.41) is 12.5. The number of anilines is 1. The molecule has 0 aromatic heterocycles. The van der Waals surface area contributed by atoms with E-state index >= 15 is 0 Å². The van der Waals surface area contributed by atoms with E-state index in [0.717, 1.165) is 12.1 Å². The molecule has 0 aliphatic rings. The highest BCUT2D eigenvalue weighted by molar-refractivity contribution is 6.32. The maximum atomic E-state index is 13.0. The van der Waals surface area contributed by atoms with Crippen molar-refractivity contribution < 1.29 is 18.3 Å². The Kier molecular flexibility index (Phi) is 3.85. The number of aromatic hydroxyl groups is 1. The number of hydrogen-bond donors (Lipinski definition) is 2. The predicted octanol–water partition coefficient (Wildman–Crippen LogP) is 4.08. The van der Waals surface area contributed by atoms with Crippen molar-refractivity contribution in [3.05, 3.63) is 58.4 Å². The van der Waals surface area contributed by atoms with E-state index in [9.17, 15) is 18.3 Å². The van der Waals surface area contributed by atoms with Gasteiger partial charge in [-0.3, -0.25) is 0 Å². The van der Waals surface area contributed by atoms with Crippen LogP contribution in [-0.4, -0.2) is 5.11 Å². The zero-order valence-electron chi connectivity index (χ0n) is 9.55. The van der Waals surface area contributed by atoms with E-state index in [1.165, 1.54) is 6.07 Å². The van der Waals surface area contributed by atoms with Gasteiger partial charge in [0.2, 0.25) is 0 Å². The minimum Gasteiger partial charge on any atom is -0.506 e. The van der Waals surface area contributed by atoms with Gasteiger partial charge in [-0.25, -0.2) is 13.2 Å². The highest BCUT2D eigenvalue weighted by Crippen LogP contribution is 2.27. The van der Waals surface area contributed by atoms with Gasteiger partial charge < -0.3 is 10.4 Å². The molecule has 6 heteroatoms. The minimum atomic E-state index is -1.52. The molecular formula is C13H9ClF3NO. The van der Waals surface area contributed by atoms with Crippen molar-refractivity contribution in [2.45, 2.75) is 6.54 Å². The van der Waals surface area contributed by atoms with Gasteiger partial charge in [0.15, 0.2) is 17.5 Å². The summed E-state index contributed by atoms with van der Waals surface area (Å²) >= 11 is 5.72. The van der Waals surface area contributed by atoms with Crippen LogP contribution in [0.25, 0.3) is 0 Å². The first-order valence-corrected chi connectivity index (χ1v) is 5.71. The van der Waals surface area contributed by atoms with Crippen LogP contribution in [0.5, 0.6) is 5.75 Å². The third-order valence-corrected chi connectivity index (χ3v) is 2.84. The van der Waals surface area contributed by atoms with Crippen molar-refractivity contribution in [3.63, 3.8) is 0 Å². The average molecular weight is 288 g/mol. The summed E-state index contributed by atoms with van der Waals surface area (Å²) in [6, 6.07) is 6.41. The number of para-hydroxylation sites is 1. The number of phenols is 1. The van der Waals surface area contributed by atoms with Crippen molar-refractivity contribution in [2.24, 2.45) is 0 Å². The van der Waals surface area contributed by atoms with Gasteiger partial charge >= 0.3 is 0 Å². The van der Waals surface area contributed by atoms with E-state index in [-0.39, 0.29) is 23.0 Å². The van der Waals surface area contributed by atoms with Gasteiger partial charge in [0, 0.05) is 29.9 Å². The molecule has 2 nitrogen and oxygen atoms in total. The molecule has 0 saturated heterocycles. The largest absolute Gasteiger partial charge is 0.506 e. The molecule has 2 rings (SSSR count). The lowest BCUT2D eigenvalue weighted by Gasteiger charge is -2.09. The Morgan fingerprint density at radius 2 is 1.74 bits per heavy atom. The van der Waals surface area contributed by atoms with Gasteiger partial charge in [-0.15, -0.1) is 0 Å². The normalized spacial score (nSPS) is 10.5. The lowest BCUT2D eigenvalue weighted by molar-refractivity contribution is 0.447. The van der Waals surface area contributed by atoms with Crippen LogP contribution in [0.2, 0.25) is 5.02 Å². The molecule has 0 saturated carbocycles. The molecule has 0 fully saturated rings. The third kappa shape index (κ3) is 2.93. The molecule has 2 aromatic carbocycles. The highest BCUT2D eigenvalue weighted by Gasteiger charge is 2.11. The van der Waals surface area contributed by atoms with Crippen LogP contribution < -0.4 is 5.32 Å². The number of benzene rings is 2. The van der Waals surface area contributed by atoms with Crippen molar-refractivity contribution >= 4 is 17.3 Å². The molecule has 2 N–H and O–H groups in total. The summed E-state index contributed by atoms with van der Waals surface area (Å²) in [4.78, 5) is 0. The second-order valence-electron chi connectivity index (χ2n) is 3.85. The molecule has 0 aliphatic carbocycles. The summed E-state index contributed by atoms with van der Waals surface area (Å²) in [5.74, 6) is -4.19. The summed E-state index contributed by atoms with van der Waals surface area (Å²) in [5.41, 5.74) is 0.522. The third-order valence-electron chi connectivity index (χ3n) is 2.54. The first kappa shape index (κ1) is 13.5. The smallest absolute Gasteiger partial charge is 0.194 e. The summed E-state index contributed by atoms with van der Waals surface area (Å²) in [7, 11) is 0. The SMILES string of the molecule is Oc1c(Cl)cccc1CNc1cc(F)c(F)c(F)c1. The Hall–Kier alpha value is -1.88. The molecule has 0 atom stereocenters. The molecule has 19 heavy (non-hydrogen) atoms. The second-order valence-corrected chi connectivity index (χ2v) is 4.26. The van der Waals surface area contributed by atoms with E-state index in [0.29, 0.717) is 5.56 Å². The molecule has 0 aliphatic heterocycles. The van der Waals surface area contributed by atoms with Gasteiger partial charge in [-0.05, 0) is 6.07 Å². The standard InChI is InChI=1S/C13H9ClF3NO/c14-9-3-1-2-7(13(9)19)6-18-8-4-10(15)12(17)11(16)5-8/h1-5,18-19H,6H2. The van der Waals surface area contributed by atoms with Crippen LogP contribution in [0.1, 0.15) is 5.56 Å². The first-order chi connectivity index (χ1) is 8.99. The first-order valence-electron chi connectivity index (χ1n) is 5.34. The predicted molar refractivity (Wildman–Crippen MR) is 66.8 cm³/mol. The quantitative estimate of drug-likeness (QED) is 0.834. The van der Waals surface area contributed by atoms with E-state index < -0.39 is 17.5 Å². The molecule has 0 radical (unpaired) electrons.